The van der Waals surface area contributed by atoms with Gasteiger partial charge in [-0.15, -0.1) is 0 Å². The van der Waals surface area contributed by atoms with E-state index in [0.717, 1.165) is 10.2 Å². The molecule has 3 rings (SSSR count). The molecule has 7 heteroatoms. The quantitative estimate of drug-likeness (QED) is 0.831. The number of ether oxygens (including phenoxy) is 2. The summed E-state index contributed by atoms with van der Waals surface area (Å²) < 4.78 is 17.7. The Morgan fingerprint density at radius 2 is 1.88 bits per heavy atom. The molecule has 1 aromatic heterocycles. The molecule has 0 spiro atoms. The zero-order valence-electron chi connectivity index (χ0n) is 13.7. The zero-order chi connectivity index (χ0) is 17.2. The smallest absolute Gasteiger partial charge is 0.258 e. The maximum Gasteiger partial charge on any atom is 0.258 e. The van der Waals surface area contributed by atoms with Crippen LogP contribution in [0.15, 0.2) is 33.3 Å². The Kier molecular flexibility index (Phi) is 5.22. The van der Waals surface area contributed by atoms with Gasteiger partial charge >= 0.3 is 0 Å². The zero-order valence-corrected chi connectivity index (χ0v) is 15.3. The molecule has 130 valence electrons. The van der Waals surface area contributed by atoms with E-state index in [2.05, 4.69) is 26.1 Å². The molecule has 1 N–H and O–H groups in total. The molecule has 6 nitrogen and oxygen atoms in total. The van der Waals surface area contributed by atoms with Crippen LogP contribution in [-0.2, 0) is 10.3 Å². The van der Waals surface area contributed by atoms with Crippen LogP contribution in [0.3, 0.4) is 0 Å². The van der Waals surface area contributed by atoms with Gasteiger partial charge < -0.3 is 19.1 Å². The molecule has 1 aromatic carbocycles. The van der Waals surface area contributed by atoms with Crippen molar-refractivity contribution in [3.05, 3.63) is 40.5 Å². The average molecular weight is 397 g/mol. The predicted molar refractivity (Wildman–Crippen MR) is 90.6 cm³/mol. The van der Waals surface area contributed by atoms with E-state index in [1.807, 2.05) is 38.1 Å². The number of aromatic nitrogens is 2. The van der Waals surface area contributed by atoms with Crippen LogP contribution in [0, 0.1) is 5.92 Å². The fourth-order valence-corrected chi connectivity index (χ4v) is 2.87. The Hall–Kier alpha value is -1.44. The number of nitrogens with zero attached hydrogens (tertiary/aromatic N) is 2. The second kappa shape index (κ2) is 7.21. The maximum atomic E-state index is 10.7. The van der Waals surface area contributed by atoms with Crippen molar-refractivity contribution in [3.8, 4) is 5.75 Å². The van der Waals surface area contributed by atoms with E-state index in [-0.39, 0.29) is 17.9 Å². The molecule has 1 saturated heterocycles. The van der Waals surface area contributed by atoms with E-state index in [1.165, 1.54) is 0 Å². The first kappa shape index (κ1) is 17.4. The van der Waals surface area contributed by atoms with E-state index in [4.69, 9.17) is 14.0 Å². The van der Waals surface area contributed by atoms with Gasteiger partial charge in [0.05, 0.1) is 0 Å². The Morgan fingerprint density at radius 1 is 1.21 bits per heavy atom. The summed E-state index contributed by atoms with van der Waals surface area (Å²) in [5.74, 6) is 1.56. The fraction of sp³-hybridized carbons (Fsp3) is 0.529. The molecular formula is C17H21BrN2O4. The topological polar surface area (TPSA) is 77.6 Å². The summed E-state index contributed by atoms with van der Waals surface area (Å²) >= 11 is 3.41. The molecule has 1 aliphatic rings. The lowest BCUT2D eigenvalue weighted by Gasteiger charge is -2.28. The first-order valence-corrected chi connectivity index (χ1v) is 8.84. The normalized spacial score (nSPS) is 18.5. The highest BCUT2D eigenvalue weighted by Crippen LogP contribution is 2.33. The van der Waals surface area contributed by atoms with Crippen LogP contribution in [0.5, 0.6) is 5.75 Å². The first-order valence-electron chi connectivity index (χ1n) is 8.04. The molecule has 2 aromatic rings. The van der Waals surface area contributed by atoms with Gasteiger partial charge in [0.2, 0.25) is 5.82 Å². The highest BCUT2D eigenvalue weighted by Gasteiger charge is 2.38. The van der Waals surface area contributed by atoms with Crippen molar-refractivity contribution in [2.45, 2.75) is 38.4 Å². The molecule has 1 atom stereocenters. The second-order valence-electron chi connectivity index (χ2n) is 6.34. The van der Waals surface area contributed by atoms with Crippen molar-refractivity contribution in [3.63, 3.8) is 0 Å². The van der Waals surface area contributed by atoms with Crippen molar-refractivity contribution in [2.75, 3.05) is 13.2 Å². The van der Waals surface area contributed by atoms with Gasteiger partial charge in [0.15, 0.2) is 6.10 Å². The Balaban J connectivity index is 1.80. The lowest BCUT2D eigenvalue weighted by atomic mass is 9.94. The summed E-state index contributed by atoms with van der Waals surface area (Å²) in [4.78, 5) is 4.42. The van der Waals surface area contributed by atoms with Crippen LogP contribution in [0.1, 0.15) is 44.5 Å². The van der Waals surface area contributed by atoms with Gasteiger partial charge in [0.1, 0.15) is 11.4 Å². The number of hydrogen-bond acceptors (Lipinski definition) is 6. The molecular weight excluding hydrogens is 376 g/mol. The Morgan fingerprint density at radius 3 is 2.50 bits per heavy atom. The van der Waals surface area contributed by atoms with Gasteiger partial charge in [0, 0.05) is 30.5 Å². The van der Waals surface area contributed by atoms with Crippen LogP contribution >= 0.6 is 15.9 Å². The van der Waals surface area contributed by atoms with E-state index < -0.39 is 5.60 Å². The van der Waals surface area contributed by atoms with Gasteiger partial charge in [-0.25, -0.2) is 0 Å². The summed E-state index contributed by atoms with van der Waals surface area (Å²) in [7, 11) is 0. The van der Waals surface area contributed by atoms with Crippen molar-refractivity contribution in [2.24, 2.45) is 5.92 Å². The minimum absolute atomic E-state index is 0.142. The number of hydrogen-bond donors (Lipinski definition) is 1. The predicted octanol–water partition coefficient (Wildman–Crippen LogP) is 3.61. The van der Waals surface area contributed by atoms with Crippen molar-refractivity contribution in [1.29, 1.82) is 0 Å². The maximum absolute atomic E-state index is 10.7. The van der Waals surface area contributed by atoms with Gasteiger partial charge in [-0.1, -0.05) is 34.9 Å². The average Bonchev–Trinajstić information content (AvgIpc) is 3.05. The van der Waals surface area contributed by atoms with Crippen LogP contribution < -0.4 is 4.74 Å². The van der Waals surface area contributed by atoms with Crippen molar-refractivity contribution in [1.82, 2.24) is 10.1 Å². The lowest BCUT2D eigenvalue weighted by Crippen LogP contribution is -2.33. The molecule has 0 bridgehead atoms. The van der Waals surface area contributed by atoms with E-state index >= 15 is 0 Å². The summed E-state index contributed by atoms with van der Waals surface area (Å²) in [6.45, 7) is 5.03. The van der Waals surface area contributed by atoms with Crippen LogP contribution in [-0.4, -0.2) is 28.5 Å². The molecule has 0 saturated carbocycles. The summed E-state index contributed by atoms with van der Waals surface area (Å²) in [5, 5.41) is 14.7. The van der Waals surface area contributed by atoms with E-state index in [0.29, 0.717) is 31.9 Å². The molecule has 0 amide bonds. The van der Waals surface area contributed by atoms with Gasteiger partial charge in [-0.3, -0.25) is 0 Å². The number of rotatable bonds is 5. The van der Waals surface area contributed by atoms with Gasteiger partial charge in [-0.05, 0) is 30.2 Å². The van der Waals surface area contributed by atoms with Gasteiger partial charge in [-0.2, -0.15) is 4.98 Å². The minimum Gasteiger partial charge on any atom is -0.482 e. The summed E-state index contributed by atoms with van der Waals surface area (Å²) in [6.07, 6.45) is 0.551. The Bertz CT molecular complexity index is 665. The third-order valence-corrected chi connectivity index (χ3v) is 4.63. The largest absolute Gasteiger partial charge is 0.482 e. The molecule has 2 heterocycles. The van der Waals surface area contributed by atoms with Crippen LogP contribution in [0.4, 0.5) is 0 Å². The second-order valence-corrected chi connectivity index (χ2v) is 7.25. The number of halogens is 1. The highest BCUT2D eigenvalue weighted by molar-refractivity contribution is 9.10. The molecule has 1 unspecified atom stereocenters. The summed E-state index contributed by atoms with van der Waals surface area (Å²) in [6, 6.07) is 7.59. The molecule has 24 heavy (non-hydrogen) atoms. The van der Waals surface area contributed by atoms with E-state index in [1.54, 1.807) is 0 Å². The third kappa shape index (κ3) is 3.79. The minimum atomic E-state index is -1.11. The number of aliphatic hydroxyl groups is 1. The fourth-order valence-electron chi connectivity index (χ4n) is 2.61. The van der Waals surface area contributed by atoms with Crippen LogP contribution in [0.25, 0.3) is 0 Å². The lowest BCUT2D eigenvalue weighted by molar-refractivity contribution is -0.0856. The monoisotopic (exact) mass is 396 g/mol. The number of benzene rings is 1. The molecule has 1 aliphatic heterocycles. The molecule has 0 aliphatic carbocycles. The Labute approximate surface area is 149 Å². The molecule has 1 fully saturated rings. The first-order chi connectivity index (χ1) is 11.5. The van der Waals surface area contributed by atoms with Crippen molar-refractivity contribution < 1.29 is 19.1 Å². The SMILES string of the molecule is CC(C)C(Oc1ccc(Br)cc1)c1noc(C2(O)CCOCC2)n1. The summed E-state index contributed by atoms with van der Waals surface area (Å²) in [5.41, 5.74) is -1.11. The van der Waals surface area contributed by atoms with Crippen LogP contribution in [0.2, 0.25) is 0 Å². The third-order valence-electron chi connectivity index (χ3n) is 4.10. The standard InChI is InChI=1S/C17H21BrN2O4/c1-11(2)14(23-13-5-3-12(18)4-6-13)15-19-16(24-20-15)17(21)7-9-22-10-8-17/h3-6,11,14,21H,7-10H2,1-2H3. The van der Waals surface area contributed by atoms with E-state index in [9.17, 15) is 5.11 Å². The van der Waals surface area contributed by atoms with Crippen molar-refractivity contribution >= 4 is 15.9 Å². The van der Waals surface area contributed by atoms with Gasteiger partial charge in [0.25, 0.3) is 5.89 Å². The highest BCUT2D eigenvalue weighted by atomic mass is 79.9. The molecule has 0 radical (unpaired) electrons.